The minimum atomic E-state index is -1.23. The van der Waals surface area contributed by atoms with Gasteiger partial charge in [0.05, 0.1) is 6.04 Å². The Morgan fingerprint density at radius 3 is 2.00 bits per heavy atom. The van der Waals surface area contributed by atoms with Crippen LogP contribution in [0.15, 0.2) is 127 Å². The lowest BCUT2D eigenvalue weighted by molar-refractivity contribution is -0.142. The number of rotatable bonds is 11. The number of carboxylic acid groups (broad SMARTS) is 1. The molecule has 310 valence electrons. The molecule has 0 unspecified atom stereocenters. The Labute approximate surface area is 352 Å². The fraction of sp³-hybridized carbons (Fsp3) is 0.277. The van der Waals surface area contributed by atoms with Crippen molar-refractivity contribution in [3.05, 3.63) is 148 Å². The number of benzene rings is 4. The highest BCUT2D eigenvalue weighted by Gasteiger charge is 2.33. The Morgan fingerprint density at radius 1 is 0.717 bits per heavy atom. The number of nitrogens with one attached hydrogen (secondary N) is 4. The summed E-state index contributed by atoms with van der Waals surface area (Å²) >= 11 is 1.43. The van der Waals surface area contributed by atoms with Crippen LogP contribution < -0.4 is 26.0 Å². The molecule has 0 spiro atoms. The minimum absolute atomic E-state index is 0.0567. The van der Waals surface area contributed by atoms with Gasteiger partial charge in [-0.25, -0.2) is 0 Å². The Hall–Kier alpha value is -6.60. The van der Waals surface area contributed by atoms with Crippen LogP contribution in [0.25, 0.3) is 11.1 Å². The largest absolute Gasteiger partial charge is 0.484 e. The summed E-state index contributed by atoms with van der Waals surface area (Å²) in [5.41, 5.74) is 4.31. The highest BCUT2D eigenvalue weighted by molar-refractivity contribution is 7.09. The predicted octanol–water partition coefficient (Wildman–Crippen LogP) is 5.09. The first-order valence-electron chi connectivity index (χ1n) is 19.9. The molecule has 2 aliphatic rings. The molecule has 60 heavy (non-hydrogen) atoms. The van der Waals surface area contributed by atoms with Crippen molar-refractivity contribution in [1.82, 2.24) is 21.3 Å². The number of hydrogen-bond donors (Lipinski definition) is 5. The maximum Gasteiger partial charge on any atom is 0.325 e. The van der Waals surface area contributed by atoms with Crippen LogP contribution in [0.3, 0.4) is 0 Å². The van der Waals surface area contributed by atoms with E-state index >= 15 is 0 Å². The van der Waals surface area contributed by atoms with E-state index in [1.54, 1.807) is 24.3 Å². The molecule has 2 aliphatic heterocycles. The standard InChI is InChI=1S/C47H48N4O8S/c1-30(47(57)58)48-44(54)36-25-32-16-21-37(22-17-32)59-29-43(53)49-41(28-38-13-8-24-60-38)46(56)51-40(26-33-14-19-35(20-15-33)34-11-6-3-7-12-34)45(55)50-39(42(52)27-36)23-18-31-9-4-2-5-10-31/h2-17,19-22,24,30,36,39-41H,18,23,25-29H2,1H3,(H,48,54)(H,49,53)(H,50,55)(H,51,56)(H,57,58)/t30-,36+,39+,40-,41+/m0/s1. The van der Waals surface area contributed by atoms with E-state index in [1.165, 1.54) is 18.3 Å². The summed E-state index contributed by atoms with van der Waals surface area (Å²) in [6, 6.07) is 32.7. The maximum atomic E-state index is 14.5. The number of aliphatic carboxylic acids is 1. The van der Waals surface area contributed by atoms with Crippen LogP contribution in [-0.2, 0) is 54.5 Å². The third-order valence-electron chi connectivity index (χ3n) is 10.4. The van der Waals surface area contributed by atoms with Gasteiger partial charge in [-0.1, -0.05) is 103 Å². The van der Waals surface area contributed by atoms with E-state index in [4.69, 9.17) is 4.74 Å². The van der Waals surface area contributed by atoms with Gasteiger partial charge in [0.2, 0.25) is 17.7 Å². The third kappa shape index (κ3) is 12.5. The predicted molar refractivity (Wildman–Crippen MR) is 228 cm³/mol. The molecule has 5 N–H and O–H groups in total. The van der Waals surface area contributed by atoms with Crippen molar-refractivity contribution in [2.24, 2.45) is 5.92 Å². The first-order valence-corrected chi connectivity index (χ1v) is 20.8. The molecule has 4 amide bonds. The van der Waals surface area contributed by atoms with Gasteiger partial charge in [0, 0.05) is 30.1 Å². The van der Waals surface area contributed by atoms with Gasteiger partial charge in [0.25, 0.3) is 5.91 Å². The van der Waals surface area contributed by atoms with Crippen molar-refractivity contribution in [3.63, 3.8) is 0 Å². The van der Waals surface area contributed by atoms with E-state index in [0.29, 0.717) is 17.7 Å². The Morgan fingerprint density at radius 2 is 1.35 bits per heavy atom. The van der Waals surface area contributed by atoms with Gasteiger partial charge in [0.15, 0.2) is 12.4 Å². The Bertz CT molecular complexity index is 2230. The zero-order chi connectivity index (χ0) is 42.4. The number of aryl methyl sites for hydroxylation is 1. The average molecular weight is 829 g/mol. The lowest BCUT2D eigenvalue weighted by atomic mass is 9.89. The van der Waals surface area contributed by atoms with E-state index in [9.17, 15) is 33.9 Å². The molecular weight excluding hydrogens is 781 g/mol. The molecule has 0 saturated carbocycles. The zero-order valence-electron chi connectivity index (χ0n) is 33.2. The third-order valence-corrected chi connectivity index (χ3v) is 11.3. The summed E-state index contributed by atoms with van der Waals surface area (Å²) in [6.45, 7) is 0.937. The molecule has 2 bridgehead atoms. The number of amides is 4. The quantitative estimate of drug-likeness (QED) is 0.114. The number of carboxylic acids is 1. The topological polar surface area (TPSA) is 180 Å². The monoisotopic (exact) mass is 828 g/mol. The van der Waals surface area contributed by atoms with Gasteiger partial charge in [-0.15, -0.1) is 11.3 Å². The number of thiophene rings is 1. The van der Waals surface area contributed by atoms with Crippen molar-refractivity contribution < 1.29 is 38.6 Å². The van der Waals surface area contributed by atoms with Crippen LogP contribution in [0.4, 0.5) is 0 Å². The second kappa shape index (κ2) is 20.9. The molecule has 5 atom stereocenters. The van der Waals surface area contributed by atoms with Crippen LogP contribution in [0.2, 0.25) is 0 Å². The second-order valence-electron chi connectivity index (χ2n) is 14.9. The number of carbonyl (C=O) groups excluding carboxylic acids is 5. The van der Waals surface area contributed by atoms with Crippen LogP contribution in [0.5, 0.6) is 5.75 Å². The summed E-state index contributed by atoms with van der Waals surface area (Å²) in [4.78, 5) is 82.6. The molecule has 0 saturated heterocycles. The average Bonchev–Trinajstić information content (AvgIpc) is 3.78. The van der Waals surface area contributed by atoms with E-state index in [2.05, 4.69) is 21.3 Å². The van der Waals surface area contributed by atoms with E-state index in [-0.39, 0.29) is 32.1 Å². The van der Waals surface area contributed by atoms with Crippen LogP contribution in [0.1, 0.15) is 41.3 Å². The van der Waals surface area contributed by atoms with Crippen LogP contribution >= 0.6 is 11.3 Å². The first kappa shape index (κ1) is 43.0. The van der Waals surface area contributed by atoms with Gasteiger partial charge in [0.1, 0.15) is 23.9 Å². The first-order chi connectivity index (χ1) is 29.0. The Balaban J connectivity index is 1.35. The molecule has 0 radical (unpaired) electrons. The summed E-state index contributed by atoms with van der Waals surface area (Å²) in [5, 5.41) is 22.5. The highest BCUT2D eigenvalue weighted by Crippen LogP contribution is 2.22. The van der Waals surface area contributed by atoms with Gasteiger partial charge in [-0.3, -0.25) is 28.8 Å². The number of carbonyl (C=O) groups is 6. The molecule has 5 aromatic rings. The second-order valence-corrected chi connectivity index (χ2v) is 15.9. The van der Waals surface area contributed by atoms with Crippen molar-refractivity contribution in [3.8, 4) is 16.9 Å². The van der Waals surface area contributed by atoms with E-state index in [1.807, 2.05) is 102 Å². The lowest BCUT2D eigenvalue weighted by Gasteiger charge is -2.26. The van der Waals surface area contributed by atoms with Crippen molar-refractivity contribution >= 4 is 46.7 Å². The van der Waals surface area contributed by atoms with Crippen LogP contribution in [-0.4, -0.2) is 71.3 Å². The summed E-state index contributed by atoms with van der Waals surface area (Å²) in [5.74, 6) is -4.71. The summed E-state index contributed by atoms with van der Waals surface area (Å²) in [6.07, 6.45) is 0.581. The van der Waals surface area contributed by atoms with Gasteiger partial charge < -0.3 is 31.1 Å². The van der Waals surface area contributed by atoms with Gasteiger partial charge in [-0.05, 0) is 77.6 Å². The number of Topliss-reactive ketones (excluding diaryl/α,β-unsaturated/α-hetero) is 1. The fourth-order valence-electron chi connectivity index (χ4n) is 6.99. The zero-order valence-corrected chi connectivity index (χ0v) is 34.0. The van der Waals surface area contributed by atoms with Gasteiger partial charge in [-0.2, -0.15) is 0 Å². The molecule has 4 aromatic carbocycles. The molecule has 13 heteroatoms. The number of hydrogen-bond acceptors (Lipinski definition) is 8. The Kier molecular flexibility index (Phi) is 15.0. The summed E-state index contributed by atoms with van der Waals surface area (Å²) < 4.78 is 5.76. The van der Waals surface area contributed by atoms with Gasteiger partial charge >= 0.3 is 5.97 Å². The lowest BCUT2D eigenvalue weighted by Crippen LogP contribution is -2.57. The highest BCUT2D eigenvalue weighted by atomic mass is 32.1. The maximum absolute atomic E-state index is 14.5. The molecule has 3 heterocycles. The van der Waals surface area contributed by atoms with E-state index in [0.717, 1.165) is 27.1 Å². The fourth-order valence-corrected chi connectivity index (χ4v) is 7.74. The van der Waals surface area contributed by atoms with Crippen molar-refractivity contribution in [2.75, 3.05) is 6.61 Å². The normalized spacial score (nSPS) is 19.6. The number of fused-ring (bicyclic) bond motifs is 16. The molecule has 7 rings (SSSR count). The minimum Gasteiger partial charge on any atom is -0.484 e. The molecule has 0 aliphatic carbocycles. The van der Waals surface area contributed by atoms with Crippen LogP contribution in [0, 0.1) is 5.92 Å². The smallest absolute Gasteiger partial charge is 0.325 e. The molecule has 12 nitrogen and oxygen atoms in total. The van der Waals surface area contributed by atoms with Crippen molar-refractivity contribution in [2.45, 2.75) is 69.6 Å². The number of ether oxygens (including phenoxy) is 1. The summed E-state index contributed by atoms with van der Waals surface area (Å²) in [7, 11) is 0. The molecule has 0 fully saturated rings. The van der Waals surface area contributed by atoms with Crippen molar-refractivity contribution in [1.29, 1.82) is 0 Å². The SMILES string of the molecule is C[C@H](NC(=O)[C@H]1CC(=O)[C@@H](CCc2ccccc2)NC(=O)[C@H](Cc2ccc(-c3ccccc3)cc2)NC(=O)[C@@H](Cc2cccs2)NC(=O)COc2ccc(cc2)C1)C(=O)O. The molecular formula is C47H48N4O8S. The number of ketones is 1. The molecule has 1 aromatic heterocycles. The van der Waals surface area contributed by atoms with E-state index < -0.39 is 72.1 Å².